The van der Waals surface area contributed by atoms with Crippen molar-refractivity contribution in [3.63, 3.8) is 0 Å². The van der Waals surface area contributed by atoms with Crippen LogP contribution in [0.3, 0.4) is 0 Å². The molecule has 0 amide bonds. The van der Waals surface area contributed by atoms with Gasteiger partial charge in [0, 0.05) is 11.3 Å². The van der Waals surface area contributed by atoms with E-state index in [1.54, 1.807) is 36.4 Å². The van der Waals surface area contributed by atoms with Gasteiger partial charge in [-0.25, -0.2) is 4.39 Å². The first-order valence-corrected chi connectivity index (χ1v) is 12.4. The van der Waals surface area contributed by atoms with Gasteiger partial charge in [-0.3, -0.25) is 0 Å². The first kappa shape index (κ1) is 15.6. The van der Waals surface area contributed by atoms with Gasteiger partial charge < -0.3 is 4.74 Å². The van der Waals surface area contributed by atoms with Gasteiger partial charge in [-0.15, -0.1) is 12.1 Å². The van der Waals surface area contributed by atoms with Crippen LogP contribution in [-0.4, -0.2) is 0 Å². The summed E-state index contributed by atoms with van der Waals surface area (Å²) in [5.41, 5.74) is 0.519. The summed E-state index contributed by atoms with van der Waals surface area (Å²) < 4.78 is 18.6. The van der Waals surface area contributed by atoms with Crippen LogP contribution in [0.5, 0.6) is 5.75 Å². The van der Waals surface area contributed by atoms with Crippen LogP contribution in [0.4, 0.5) is 4.39 Å². The zero-order chi connectivity index (χ0) is 13.4. The van der Waals surface area contributed by atoms with E-state index in [1.165, 1.54) is 22.4 Å². The first-order valence-electron chi connectivity index (χ1n) is 5.06. The minimum atomic E-state index is -0.267. The van der Waals surface area contributed by atoms with Crippen molar-refractivity contribution in [1.82, 2.24) is 0 Å². The molecule has 0 radical (unpaired) electrons. The molecule has 2 rings (SSSR count). The molecular formula is C13H9BrClFOZn. The molecule has 2 aromatic rings. The van der Waals surface area contributed by atoms with E-state index in [1.807, 2.05) is 0 Å². The summed E-state index contributed by atoms with van der Waals surface area (Å²) in [7, 11) is 0. The predicted octanol–water partition coefficient (Wildman–Crippen LogP) is 4.70. The fourth-order valence-electron chi connectivity index (χ4n) is 1.25. The molecule has 18 heavy (non-hydrogen) atoms. The predicted molar refractivity (Wildman–Crippen MR) is 69.9 cm³/mol. The minimum absolute atomic E-state index is 0.185. The maximum atomic E-state index is 13.2. The molecule has 0 spiro atoms. The second kappa shape index (κ2) is 8.63. The summed E-state index contributed by atoms with van der Waals surface area (Å²) in [5, 5.41) is 0.596. The Morgan fingerprint density at radius 3 is 2.56 bits per heavy atom. The third-order valence-corrected chi connectivity index (χ3v) is 2.32. The standard InChI is InChI=1S/C13H9ClFO.BrH.Zn/c14-11-5-7-12(8-6-11)16-9-10-3-1-2-4-13(10)15;;/h1-7H,9H2;1H;/q-1;;+2/p-1. The van der Waals surface area contributed by atoms with Gasteiger partial charge >= 0.3 is 30.0 Å². The number of hydrogen-bond donors (Lipinski definition) is 0. The molecule has 90 valence electrons. The summed E-state index contributed by atoms with van der Waals surface area (Å²) in [6.07, 6.45) is 0. The Morgan fingerprint density at radius 2 is 1.94 bits per heavy atom. The number of ether oxygens (including phenoxy) is 1. The second-order valence-electron chi connectivity index (χ2n) is 3.25. The summed E-state index contributed by atoms with van der Waals surface area (Å²) in [4.78, 5) is 0. The maximum absolute atomic E-state index is 13.2. The van der Waals surface area contributed by atoms with E-state index in [4.69, 9.17) is 16.3 Å². The van der Waals surface area contributed by atoms with Crippen molar-refractivity contribution in [2.24, 2.45) is 0 Å². The van der Waals surface area contributed by atoms with Crippen molar-refractivity contribution in [2.45, 2.75) is 6.61 Å². The summed E-state index contributed by atoms with van der Waals surface area (Å²) in [6.45, 7) is 0.185. The molecule has 0 heterocycles. The van der Waals surface area contributed by atoms with Gasteiger partial charge in [-0.1, -0.05) is 23.2 Å². The third kappa shape index (κ3) is 5.05. The molecule has 1 nitrogen and oxygen atoms in total. The van der Waals surface area contributed by atoms with Crippen molar-refractivity contribution in [2.75, 3.05) is 0 Å². The fraction of sp³-hybridized carbons (Fsp3) is 0.0769. The Kier molecular flexibility index (Phi) is 7.49. The van der Waals surface area contributed by atoms with Gasteiger partial charge in [0.25, 0.3) is 0 Å². The molecule has 0 saturated carbocycles. The summed E-state index contributed by atoms with van der Waals surface area (Å²) in [6, 6.07) is 14.4. The van der Waals surface area contributed by atoms with Gasteiger partial charge in [0.15, 0.2) is 0 Å². The van der Waals surface area contributed by atoms with Crippen LogP contribution in [0.2, 0.25) is 5.02 Å². The molecule has 0 unspecified atom stereocenters. The number of benzene rings is 2. The van der Waals surface area contributed by atoms with Gasteiger partial charge in [-0.05, 0) is 6.07 Å². The molecule has 0 bridgehead atoms. The van der Waals surface area contributed by atoms with Crippen LogP contribution in [0.15, 0.2) is 42.5 Å². The zero-order valence-corrected chi connectivity index (χ0v) is 14.8. The molecular weight excluding hydrogens is 372 g/mol. The van der Waals surface area contributed by atoms with Crippen LogP contribution in [0, 0.1) is 11.9 Å². The van der Waals surface area contributed by atoms with Crippen LogP contribution in [-0.2, 0) is 22.9 Å². The van der Waals surface area contributed by atoms with Crippen molar-refractivity contribution in [3.05, 3.63) is 64.9 Å². The molecule has 0 fully saturated rings. The zero-order valence-electron chi connectivity index (χ0n) is 9.50. The van der Waals surface area contributed by atoms with Crippen molar-refractivity contribution < 1.29 is 25.5 Å². The van der Waals surface area contributed by atoms with Crippen LogP contribution < -0.4 is 4.74 Å². The number of halogens is 3. The molecule has 0 atom stereocenters. The normalized spacial score (nSPS) is 9.39. The van der Waals surface area contributed by atoms with E-state index in [0.29, 0.717) is 16.3 Å². The Balaban J connectivity index is 0.000000771. The fourth-order valence-corrected chi connectivity index (χ4v) is 1.37. The Hall–Kier alpha value is -0.437. The molecule has 5 heteroatoms. The van der Waals surface area contributed by atoms with E-state index < -0.39 is 0 Å². The first-order chi connectivity index (χ1) is 8.75. The molecule has 0 aromatic heterocycles. The number of hydrogen-bond acceptors (Lipinski definition) is 1. The van der Waals surface area contributed by atoms with Gasteiger partial charge in [-0.2, -0.15) is 23.7 Å². The average molecular weight is 381 g/mol. The van der Waals surface area contributed by atoms with Crippen LogP contribution in [0.25, 0.3) is 0 Å². The van der Waals surface area contributed by atoms with Crippen molar-refractivity contribution >= 4 is 25.2 Å². The van der Waals surface area contributed by atoms with Gasteiger partial charge in [0.1, 0.15) is 12.4 Å². The van der Waals surface area contributed by atoms with Crippen molar-refractivity contribution in [1.29, 1.82) is 0 Å². The average Bonchev–Trinajstić information content (AvgIpc) is 2.42. The SMILES string of the molecule is Fc1ccccc1COc1[c-]cc(Cl)cc1.[Zn+][Br]. The summed E-state index contributed by atoms with van der Waals surface area (Å²) in [5.74, 6) is 0.282. The molecule has 0 N–H and O–H groups in total. The Morgan fingerprint density at radius 1 is 1.22 bits per heavy atom. The van der Waals surface area contributed by atoms with E-state index in [0.717, 1.165) is 0 Å². The molecule has 0 aliphatic heterocycles. The molecule has 0 aliphatic carbocycles. The quantitative estimate of drug-likeness (QED) is 0.554. The van der Waals surface area contributed by atoms with Crippen LogP contribution in [0.1, 0.15) is 5.56 Å². The third-order valence-electron chi connectivity index (χ3n) is 2.09. The molecule has 0 aliphatic rings. The summed E-state index contributed by atoms with van der Waals surface area (Å²) >= 11 is 9.96. The molecule has 0 saturated heterocycles. The monoisotopic (exact) mass is 378 g/mol. The number of rotatable bonds is 3. The van der Waals surface area contributed by atoms with E-state index >= 15 is 0 Å². The Bertz CT molecular complexity index is 479. The topological polar surface area (TPSA) is 9.23 Å². The second-order valence-corrected chi connectivity index (χ2v) is 3.69. The van der Waals surface area contributed by atoms with Gasteiger partial charge in [0.2, 0.25) is 0 Å². The molecule has 2 aromatic carbocycles. The van der Waals surface area contributed by atoms with Crippen molar-refractivity contribution in [3.8, 4) is 5.75 Å². The van der Waals surface area contributed by atoms with E-state index in [9.17, 15) is 4.39 Å². The Labute approximate surface area is 127 Å². The van der Waals surface area contributed by atoms with Crippen LogP contribution >= 0.6 is 25.2 Å². The van der Waals surface area contributed by atoms with E-state index in [2.05, 4.69) is 19.7 Å². The van der Waals surface area contributed by atoms with Gasteiger partial charge in [0.05, 0.1) is 0 Å². The van der Waals surface area contributed by atoms with E-state index in [-0.39, 0.29) is 12.4 Å².